The number of hydrogen-bond acceptors (Lipinski definition) is 6. The molecule has 1 atom stereocenters. The first-order valence-electron chi connectivity index (χ1n) is 12.2. The molecule has 0 fully saturated rings. The van der Waals surface area contributed by atoms with Crippen molar-refractivity contribution in [1.29, 1.82) is 0 Å². The summed E-state index contributed by atoms with van der Waals surface area (Å²) in [6, 6.07) is 14.8. The van der Waals surface area contributed by atoms with Crippen molar-refractivity contribution < 1.29 is 27.5 Å². The molecule has 214 valence electrons. The maximum Gasteiger partial charge on any atom is 0.264 e. The van der Waals surface area contributed by atoms with Crippen LogP contribution in [0.4, 0.5) is 5.69 Å². The van der Waals surface area contributed by atoms with Crippen LogP contribution < -0.4 is 19.1 Å². The second-order valence-corrected chi connectivity index (χ2v) is 11.6. The number of methoxy groups -OCH3 is 2. The molecule has 0 radical (unpaired) electrons. The predicted octanol–water partition coefficient (Wildman–Crippen LogP) is 4.68. The van der Waals surface area contributed by atoms with Crippen LogP contribution in [0.15, 0.2) is 65.6 Å². The molecule has 3 rings (SSSR count). The first-order chi connectivity index (χ1) is 18.9. The summed E-state index contributed by atoms with van der Waals surface area (Å²) in [5.74, 6) is -0.578. The van der Waals surface area contributed by atoms with Crippen molar-refractivity contribution in [2.75, 3.05) is 32.1 Å². The number of halogens is 2. The minimum atomic E-state index is -4.30. The number of benzene rings is 3. The first-order valence-corrected chi connectivity index (χ1v) is 14.4. The quantitative estimate of drug-likeness (QED) is 0.339. The van der Waals surface area contributed by atoms with Gasteiger partial charge < -0.3 is 19.7 Å². The van der Waals surface area contributed by atoms with E-state index in [1.165, 1.54) is 51.3 Å². The van der Waals surface area contributed by atoms with Crippen LogP contribution >= 0.6 is 23.2 Å². The van der Waals surface area contributed by atoms with Crippen molar-refractivity contribution in [2.45, 2.75) is 31.3 Å². The van der Waals surface area contributed by atoms with E-state index in [2.05, 4.69) is 5.32 Å². The Morgan fingerprint density at radius 3 is 2.15 bits per heavy atom. The van der Waals surface area contributed by atoms with Crippen LogP contribution in [-0.4, -0.2) is 59.0 Å². The number of aryl methyl sites for hydroxylation is 1. The smallest absolute Gasteiger partial charge is 0.264 e. The second kappa shape index (κ2) is 13.3. The van der Waals surface area contributed by atoms with Crippen LogP contribution in [0.2, 0.25) is 10.0 Å². The number of amides is 2. The third-order valence-corrected chi connectivity index (χ3v) is 8.83. The lowest BCUT2D eigenvalue weighted by Gasteiger charge is -2.32. The monoisotopic (exact) mass is 607 g/mol. The van der Waals surface area contributed by atoms with Gasteiger partial charge in [0, 0.05) is 35.3 Å². The van der Waals surface area contributed by atoms with Gasteiger partial charge in [-0.25, -0.2) is 8.42 Å². The maximum atomic E-state index is 14.0. The third kappa shape index (κ3) is 6.80. The molecule has 0 saturated heterocycles. The van der Waals surface area contributed by atoms with Gasteiger partial charge in [0.2, 0.25) is 11.8 Å². The van der Waals surface area contributed by atoms with E-state index < -0.39 is 34.4 Å². The fourth-order valence-electron chi connectivity index (χ4n) is 3.99. The lowest BCUT2D eigenvalue weighted by molar-refractivity contribution is -0.139. The zero-order chi connectivity index (χ0) is 29.6. The van der Waals surface area contributed by atoms with Crippen molar-refractivity contribution in [2.24, 2.45) is 0 Å². The summed E-state index contributed by atoms with van der Waals surface area (Å²) in [5, 5.41) is 3.13. The maximum absolute atomic E-state index is 14.0. The molecule has 0 saturated carbocycles. The Kier molecular flexibility index (Phi) is 10.3. The highest BCUT2D eigenvalue weighted by atomic mass is 35.5. The number of ether oxygens (including phenoxy) is 2. The number of anilines is 1. The Hall–Kier alpha value is -3.47. The number of nitrogens with one attached hydrogen (secondary N) is 1. The molecule has 2 amide bonds. The van der Waals surface area contributed by atoms with Gasteiger partial charge >= 0.3 is 0 Å². The number of carbonyl (C=O) groups excluding carboxylic acids is 2. The van der Waals surface area contributed by atoms with E-state index in [-0.39, 0.29) is 22.9 Å². The van der Waals surface area contributed by atoms with Gasteiger partial charge in [0.1, 0.15) is 24.1 Å². The summed E-state index contributed by atoms with van der Waals surface area (Å²) in [5.41, 5.74) is 1.36. The number of sulfonamides is 1. The molecule has 0 unspecified atom stereocenters. The molecule has 3 aromatic carbocycles. The van der Waals surface area contributed by atoms with E-state index in [0.717, 1.165) is 9.87 Å². The second-order valence-electron chi connectivity index (χ2n) is 8.87. The van der Waals surface area contributed by atoms with Crippen LogP contribution in [0.1, 0.15) is 18.1 Å². The molecule has 9 nitrogen and oxygen atoms in total. The number of rotatable bonds is 11. The third-order valence-electron chi connectivity index (χ3n) is 6.35. The average molecular weight is 609 g/mol. The number of nitrogens with zero attached hydrogens (tertiary/aromatic N) is 2. The summed E-state index contributed by atoms with van der Waals surface area (Å²) in [6.07, 6.45) is 0. The van der Waals surface area contributed by atoms with Crippen LogP contribution in [0.5, 0.6) is 11.5 Å². The Morgan fingerprint density at radius 2 is 1.60 bits per heavy atom. The largest absolute Gasteiger partial charge is 0.497 e. The molecule has 0 bridgehead atoms. The van der Waals surface area contributed by atoms with Crippen LogP contribution in [0.25, 0.3) is 0 Å². The van der Waals surface area contributed by atoms with E-state index in [0.29, 0.717) is 21.4 Å². The number of likely N-dealkylation sites (N-methyl/N-ethyl adjacent to an activating group) is 1. The molecule has 0 spiro atoms. The van der Waals surface area contributed by atoms with E-state index in [9.17, 15) is 18.0 Å². The van der Waals surface area contributed by atoms with E-state index in [1.807, 2.05) is 6.92 Å². The molecule has 3 aromatic rings. The van der Waals surface area contributed by atoms with Crippen LogP contribution in [0, 0.1) is 6.92 Å². The van der Waals surface area contributed by atoms with Crippen molar-refractivity contribution >= 4 is 50.7 Å². The SMILES string of the molecule is CNC(=O)[C@@H](C)N(Cc1c(Cl)cccc1Cl)C(=O)CN(c1cc(OC)ccc1OC)S(=O)(=O)c1ccc(C)cc1. The summed E-state index contributed by atoms with van der Waals surface area (Å²) in [6.45, 7) is 2.57. The Labute approximate surface area is 244 Å². The Morgan fingerprint density at radius 1 is 0.975 bits per heavy atom. The molecule has 40 heavy (non-hydrogen) atoms. The lowest BCUT2D eigenvalue weighted by atomic mass is 10.1. The van der Waals surface area contributed by atoms with Crippen LogP contribution in [0.3, 0.4) is 0 Å². The van der Waals surface area contributed by atoms with Gasteiger partial charge in [0.05, 0.1) is 24.8 Å². The highest BCUT2D eigenvalue weighted by Crippen LogP contribution is 2.36. The van der Waals surface area contributed by atoms with E-state index >= 15 is 0 Å². The molecule has 0 aliphatic carbocycles. The molecule has 0 heterocycles. The van der Waals surface area contributed by atoms with Gasteiger partial charge in [-0.05, 0) is 50.2 Å². The topological polar surface area (TPSA) is 105 Å². The van der Waals surface area contributed by atoms with Crippen molar-refractivity contribution in [3.05, 3.63) is 81.8 Å². The van der Waals surface area contributed by atoms with E-state index in [1.54, 1.807) is 42.5 Å². The highest BCUT2D eigenvalue weighted by molar-refractivity contribution is 7.92. The summed E-state index contributed by atoms with van der Waals surface area (Å²) in [7, 11) is -0.0243. The lowest BCUT2D eigenvalue weighted by Crippen LogP contribution is -2.50. The van der Waals surface area contributed by atoms with E-state index in [4.69, 9.17) is 32.7 Å². The Bertz CT molecular complexity index is 1460. The fourth-order valence-corrected chi connectivity index (χ4v) is 5.92. The van der Waals surface area contributed by atoms with Gasteiger partial charge in [0.25, 0.3) is 10.0 Å². The predicted molar refractivity (Wildman–Crippen MR) is 156 cm³/mol. The van der Waals surface area contributed by atoms with Gasteiger partial charge in [-0.2, -0.15) is 0 Å². The van der Waals surface area contributed by atoms with Gasteiger partial charge in [0.15, 0.2) is 0 Å². The average Bonchev–Trinajstić information content (AvgIpc) is 2.94. The summed E-state index contributed by atoms with van der Waals surface area (Å²) < 4.78 is 39.8. The minimum Gasteiger partial charge on any atom is -0.497 e. The zero-order valence-electron chi connectivity index (χ0n) is 22.8. The molecule has 0 aliphatic rings. The number of hydrogen-bond donors (Lipinski definition) is 1. The van der Waals surface area contributed by atoms with Crippen molar-refractivity contribution in [1.82, 2.24) is 10.2 Å². The Balaban J connectivity index is 2.16. The van der Waals surface area contributed by atoms with Gasteiger partial charge in [-0.15, -0.1) is 0 Å². The standard InChI is InChI=1S/C28H31Cl2N3O6S/c1-18-9-12-21(13-10-18)40(36,37)33(25-15-20(38-4)11-14-26(25)39-5)17-27(34)32(19(2)28(35)31-3)16-22-23(29)7-6-8-24(22)30/h6-15,19H,16-17H2,1-5H3,(H,31,35)/t19-/m1/s1. The molecule has 12 heteroatoms. The number of carbonyl (C=O) groups is 2. The van der Waals surface area contributed by atoms with Crippen molar-refractivity contribution in [3.8, 4) is 11.5 Å². The molecule has 0 aliphatic heterocycles. The zero-order valence-corrected chi connectivity index (χ0v) is 25.1. The van der Waals surface area contributed by atoms with Gasteiger partial charge in [-0.1, -0.05) is 47.0 Å². The molecule has 1 N–H and O–H groups in total. The normalized spacial score (nSPS) is 11.9. The van der Waals surface area contributed by atoms with Gasteiger partial charge in [-0.3, -0.25) is 13.9 Å². The van der Waals surface area contributed by atoms with Crippen LogP contribution in [-0.2, 0) is 26.2 Å². The highest BCUT2D eigenvalue weighted by Gasteiger charge is 2.34. The minimum absolute atomic E-state index is 0.0316. The summed E-state index contributed by atoms with van der Waals surface area (Å²) in [4.78, 5) is 27.9. The summed E-state index contributed by atoms with van der Waals surface area (Å²) >= 11 is 12.8. The fraction of sp³-hybridized carbons (Fsp3) is 0.286. The first kappa shape index (κ1) is 31.1. The molecular formula is C28H31Cl2N3O6S. The molecular weight excluding hydrogens is 577 g/mol. The van der Waals surface area contributed by atoms with Crippen molar-refractivity contribution in [3.63, 3.8) is 0 Å². The molecule has 0 aromatic heterocycles.